The molecule has 1 unspecified atom stereocenters. The van der Waals surface area contributed by atoms with Crippen molar-refractivity contribution >= 4 is 11.9 Å². The number of nitrogens with zero attached hydrogens (tertiary/aromatic N) is 1. The molecule has 1 heterocycles. The van der Waals surface area contributed by atoms with Crippen LogP contribution in [0.15, 0.2) is 22.8 Å². The van der Waals surface area contributed by atoms with Crippen molar-refractivity contribution < 1.29 is 24.5 Å². The lowest BCUT2D eigenvalue weighted by atomic mass is 9.36. The van der Waals surface area contributed by atoms with Gasteiger partial charge in [0.05, 0.1) is 6.10 Å². The van der Waals surface area contributed by atoms with E-state index in [-0.39, 0.29) is 34.1 Å². The summed E-state index contributed by atoms with van der Waals surface area (Å²) < 4.78 is 5.96. The highest BCUT2D eigenvalue weighted by molar-refractivity contribution is 5.88. The zero-order valence-corrected chi connectivity index (χ0v) is 26.7. The Morgan fingerprint density at radius 2 is 1.73 bits per heavy atom. The van der Waals surface area contributed by atoms with E-state index in [0.717, 1.165) is 30.4 Å². The number of carboxylic acid groups (broad SMARTS) is 1. The van der Waals surface area contributed by atoms with Crippen LogP contribution in [0.4, 0.5) is 0 Å². The Hall–Kier alpha value is -1.66. The monoisotopic (exact) mass is 569 g/mol. The molecule has 0 aromatic rings. The molecular weight excluding hydrogens is 514 g/mol. The molecule has 4 aliphatic carbocycles. The molecule has 0 aromatic heterocycles. The maximum Gasteiger partial charge on any atom is 0.331 e. The molecule has 0 amide bonds. The molecule has 5 rings (SSSR count). The minimum Gasteiger partial charge on any atom is -0.478 e. The number of ether oxygens (including phenoxy) is 1. The largest absolute Gasteiger partial charge is 0.478 e. The van der Waals surface area contributed by atoms with Gasteiger partial charge in [-0.15, -0.1) is 0 Å². The van der Waals surface area contributed by atoms with E-state index in [1.165, 1.54) is 39.3 Å². The van der Waals surface area contributed by atoms with Crippen molar-refractivity contribution in [3.8, 4) is 0 Å². The summed E-state index contributed by atoms with van der Waals surface area (Å²) in [5.74, 6) is -0.0665. The second-order valence-electron chi connectivity index (χ2n) is 15.4. The Labute approximate surface area is 248 Å². The van der Waals surface area contributed by atoms with Crippen molar-refractivity contribution in [3.05, 3.63) is 22.8 Å². The molecule has 5 fully saturated rings. The first kappa shape index (κ1) is 30.8. The highest BCUT2D eigenvalue weighted by Crippen LogP contribution is 2.74. The zero-order valence-electron chi connectivity index (χ0n) is 26.7. The molecule has 2 N–H and O–H groups in total. The Balaban J connectivity index is 1.53. The molecule has 5 aliphatic rings. The lowest BCUT2D eigenvalue weighted by molar-refractivity contribution is -0.230. The number of aliphatic carboxylic acids is 1. The third-order valence-electron chi connectivity index (χ3n) is 13.2. The molecule has 1 saturated heterocycles. The van der Waals surface area contributed by atoms with E-state index in [1.807, 2.05) is 13.8 Å². The first-order valence-electron chi connectivity index (χ1n) is 16.4. The Bertz CT molecular complexity index is 1100. The van der Waals surface area contributed by atoms with Gasteiger partial charge < -0.3 is 19.8 Å². The number of aliphatic hydroxyl groups is 1. The maximum absolute atomic E-state index is 12.7. The predicted octanol–water partition coefficient (Wildman–Crippen LogP) is 6.77. The second-order valence-corrected chi connectivity index (χ2v) is 15.4. The number of rotatable bonds is 6. The molecule has 0 spiro atoms. The van der Waals surface area contributed by atoms with Crippen molar-refractivity contribution in [2.45, 2.75) is 131 Å². The predicted molar refractivity (Wildman–Crippen MR) is 161 cm³/mol. The van der Waals surface area contributed by atoms with E-state index < -0.39 is 18.2 Å². The van der Waals surface area contributed by atoms with Crippen LogP contribution in [0.5, 0.6) is 0 Å². The van der Waals surface area contributed by atoms with Gasteiger partial charge in [-0.05, 0) is 137 Å². The van der Waals surface area contributed by atoms with Crippen molar-refractivity contribution in [1.29, 1.82) is 0 Å². The fourth-order valence-electron chi connectivity index (χ4n) is 11.4. The third kappa shape index (κ3) is 4.93. The molecule has 0 radical (unpaired) electrons. The summed E-state index contributed by atoms with van der Waals surface area (Å²) >= 11 is 0. The quantitative estimate of drug-likeness (QED) is 0.209. The van der Waals surface area contributed by atoms with E-state index in [0.29, 0.717) is 49.1 Å². The number of hydrogen-bond donors (Lipinski definition) is 2. The minimum atomic E-state index is -0.921. The van der Waals surface area contributed by atoms with E-state index in [2.05, 4.69) is 38.7 Å². The number of carboxylic acids is 1. The molecule has 0 bridgehead atoms. The van der Waals surface area contributed by atoms with E-state index >= 15 is 0 Å². The summed E-state index contributed by atoms with van der Waals surface area (Å²) in [5.41, 5.74) is 1.93. The van der Waals surface area contributed by atoms with Crippen LogP contribution >= 0.6 is 0 Å². The minimum absolute atomic E-state index is 0.0402. The second kappa shape index (κ2) is 11.1. The van der Waals surface area contributed by atoms with Crippen LogP contribution in [0.25, 0.3) is 0 Å². The van der Waals surface area contributed by atoms with Crippen LogP contribution in [-0.4, -0.2) is 58.4 Å². The Kier molecular flexibility index (Phi) is 8.35. The van der Waals surface area contributed by atoms with Crippen LogP contribution in [0, 0.1) is 39.9 Å². The number of carbonyl (C=O) groups excluding carboxylic acids is 1. The molecule has 10 atom stereocenters. The zero-order chi connectivity index (χ0) is 29.9. The van der Waals surface area contributed by atoms with Crippen molar-refractivity contribution in [1.82, 2.24) is 4.90 Å². The van der Waals surface area contributed by atoms with Gasteiger partial charge in [-0.25, -0.2) is 4.79 Å². The van der Waals surface area contributed by atoms with Gasteiger partial charge in [-0.3, -0.25) is 4.79 Å². The van der Waals surface area contributed by atoms with Gasteiger partial charge >= 0.3 is 11.9 Å². The van der Waals surface area contributed by atoms with E-state index in [1.54, 1.807) is 0 Å². The molecule has 41 heavy (non-hydrogen) atoms. The molecule has 230 valence electrons. The van der Waals surface area contributed by atoms with E-state index in [4.69, 9.17) is 4.74 Å². The summed E-state index contributed by atoms with van der Waals surface area (Å²) in [5, 5.41) is 22.6. The fraction of sp³-hybridized carbons (Fsp3) is 0.829. The molecule has 1 aliphatic heterocycles. The van der Waals surface area contributed by atoms with Crippen molar-refractivity contribution in [2.75, 3.05) is 13.1 Å². The lowest BCUT2D eigenvalue weighted by Gasteiger charge is -2.69. The Morgan fingerprint density at radius 3 is 2.34 bits per heavy atom. The number of esters is 1. The lowest BCUT2D eigenvalue weighted by Crippen LogP contribution is -2.66. The molecular formula is C35H55NO5. The van der Waals surface area contributed by atoms with Crippen LogP contribution in [-0.2, 0) is 14.3 Å². The summed E-state index contributed by atoms with van der Waals surface area (Å²) in [4.78, 5) is 27.8. The fourth-order valence-corrected chi connectivity index (χ4v) is 11.4. The number of fused-ring (bicyclic) bond motifs is 5. The summed E-state index contributed by atoms with van der Waals surface area (Å²) in [6.45, 7) is 17.6. The SMILES string of the molecule is CC(=O)O[C@H]1C[C@@]2(C)[C@H](C[C@@H](O)[C@@H]3[C@@]4(C)CC[C@H](N5CCCC5)[C@@H](C)C4CC[C@@]32C)/C1=C(\CCC=C(C)C)C(=O)O. The first-order chi connectivity index (χ1) is 19.2. The van der Waals surface area contributed by atoms with Gasteiger partial charge in [0.2, 0.25) is 0 Å². The summed E-state index contributed by atoms with van der Waals surface area (Å²) in [6, 6.07) is 0.650. The Morgan fingerprint density at radius 1 is 1.05 bits per heavy atom. The van der Waals surface area contributed by atoms with Crippen molar-refractivity contribution in [2.24, 2.45) is 39.9 Å². The molecule has 4 saturated carbocycles. The highest BCUT2D eigenvalue weighted by atomic mass is 16.5. The standard InChI is InChI=1S/C35H55NO5/c1-21(2)11-10-12-24(32(39)40)30-26-19-28(38)31-33(5)15-14-27(36-17-8-9-18-36)22(3)25(33)13-16-34(31,6)35(26,7)20-29(30)41-23(4)37/h11,22,25-29,31,38H,8-10,12-20H2,1-7H3,(H,39,40)/b30-24-/t22-,25?,26+,27-,28+,29-,31+,33-,34-,35-/m0/s1. The smallest absolute Gasteiger partial charge is 0.331 e. The normalized spacial score (nSPS) is 45.3. The van der Waals surface area contributed by atoms with Gasteiger partial charge in [0.25, 0.3) is 0 Å². The van der Waals surface area contributed by atoms with Gasteiger partial charge in [0.1, 0.15) is 6.10 Å². The number of allylic oxidation sites excluding steroid dienone is 2. The van der Waals surface area contributed by atoms with Crippen LogP contribution in [0.3, 0.4) is 0 Å². The average molecular weight is 570 g/mol. The summed E-state index contributed by atoms with van der Waals surface area (Å²) in [6.07, 6.45) is 10.4. The topological polar surface area (TPSA) is 87.1 Å². The number of hydrogen-bond acceptors (Lipinski definition) is 5. The van der Waals surface area contributed by atoms with Gasteiger partial charge in [0.15, 0.2) is 0 Å². The van der Waals surface area contributed by atoms with Gasteiger partial charge in [0, 0.05) is 18.5 Å². The van der Waals surface area contributed by atoms with Crippen LogP contribution in [0.1, 0.15) is 113 Å². The number of likely N-dealkylation sites (tertiary alicyclic amines) is 1. The van der Waals surface area contributed by atoms with Crippen molar-refractivity contribution in [3.63, 3.8) is 0 Å². The maximum atomic E-state index is 12.7. The number of carbonyl (C=O) groups is 2. The molecule has 6 nitrogen and oxygen atoms in total. The molecule has 0 aromatic carbocycles. The van der Waals surface area contributed by atoms with Crippen LogP contribution < -0.4 is 0 Å². The molecule has 6 heteroatoms. The average Bonchev–Trinajstić information content (AvgIpc) is 3.48. The first-order valence-corrected chi connectivity index (χ1v) is 16.4. The number of aliphatic hydroxyl groups excluding tert-OH is 1. The van der Waals surface area contributed by atoms with Gasteiger partial charge in [-0.2, -0.15) is 0 Å². The van der Waals surface area contributed by atoms with Crippen LogP contribution in [0.2, 0.25) is 0 Å². The third-order valence-corrected chi connectivity index (χ3v) is 13.2. The van der Waals surface area contributed by atoms with E-state index in [9.17, 15) is 19.8 Å². The highest BCUT2D eigenvalue weighted by Gasteiger charge is 2.71. The van der Waals surface area contributed by atoms with Gasteiger partial charge in [-0.1, -0.05) is 39.3 Å². The summed E-state index contributed by atoms with van der Waals surface area (Å²) in [7, 11) is 0.